The van der Waals surface area contributed by atoms with E-state index in [4.69, 9.17) is 9.47 Å². The summed E-state index contributed by atoms with van der Waals surface area (Å²) in [6.07, 6.45) is 1.74. The summed E-state index contributed by atoms with van der Waals surface area (Å²) in [5, 5.41) is 0. The summed E-state index contributed by atoms with van der Waals surface area (Å²) in [7, 11) is 0. The van der Waals surface area contributed by atoms with Gasteiger partial charge in [0.15, 0.2) is 6.61 Å². The summed E-state index contributed by atoms with van der Waals surface area (Å²) in [6.45, 7) is 9.14. The fraction of sp³-hybridized carbons (Fsp3) is 0.400. The van der Waals surface area contributed by atoms with Crippen LogP contribution in [0.4, 0.5) is 5.69 Å². The number of pyridine rings is 1. The first-order chi connectivity index (χ1) is 12.0. The van der Waals surface area contributed by atoms with Crippen LogP contribution in [-0.2, 0) is 4.79 Å². The molecule has 0 saturated heterocycles. The summed E-state index contributed by atoms with van der Waals surface area (Å²) in [4.78, 5) is 18.7. The lowest BCUT2D eigenvalue weighted by atomic mass is 10.0. The molecule has 25 heavy (non-hydrogen) atoms. The van der Waals surface area contributed by atoms with Crippen LogP contribution in [0, 0.1) is 13.8 Å². The van der Waals surface area contributed by atoms with Crippen LogP contribution >= 0.6 is 0 Å². The van der Waals surface area contributed by atoms with Crippen LogP contribution in [0.3, 0.4) is 0 Å². The topological polar surface area (TPSA) is 51.7 Å². The van der Waals surface area contributed by atoms with Gasteiger partial charge < -0.3 is 14.4 Å². The first kappa shape index (κ1) is 17.3. The molecule has 2 heterocycles. The number of aromatic nitrogens is 1. The second kappa shape index (κ2) is 7.13. The van der Waals surface area contributed by atoms with Crippen molar-refractivity contribution in [1.29, 1.82) is 0 Å². The quantitative estimate of drug-likeness (QED) is 0.853. The van der Waals surface area contributed by atoms with E-state index < -0.39 is 0 Å². The van der Waals surface area contributed by atoms with Gasteiger partial charge in [-0.1, -0.05) is 26.0 Å². The van der Waals surface area contributed by atoms with Crippen molar-refractivity contribution in [3.05, 3.63) is 47.2 Å². The lowest BCUT2D eigenvalue weighted by molar-refractivity contribution is -0.120. The molecule has 0 aliphatic carbocycles. The van der Waals surface area contributed by atoms with Crippen molar-refractivity contribution in [3.63, 3.8) is 0 Å². The third-order valence-electron chi connectivity index (χ3n) is 4.26. The summed E-state index contributed by atoms with van der Waals surface area (Å²) in [5.74, 6) is 1.53. The van der Waals surface area contributed by atoms with Gasteiger partial charge >= 0.3 is 0 Å². The van der Waals surface area contributed by atoms with Gasteiger partial charge in [0.1, 0.15) is 18.0 Å². The molecular weight excluding hydrogens is 316 g/mol. The molecule has 0 radical (unpaired) electrons. The van der Waals surface area contributed by atoms with Crippen molar-refractivity contribution < 1.29 is 14.3 Å². The highest BCUT2D eigenvalue weighted by Gasteiger charge is 2.25. The fourth-order valence-corrected chi connectivity index (χ4v) is 2.92. The molecule has 0 fully saturated rings. The molecule has 132 valence electrons. The predicted molar refractivity (Wildman–Crippen MR) is 97.6 cm³/mol. The molecule has 1 aliphatic heterocycles. The standard InChI is InChI=1S/C20H24N2O3/c1-13(2)16-6-5-14(3)10-18(16)25-12-19(23)22-7-8-24-20-17(22)9-15(4)11-21-20/h5-6,9-11,13H,7-8,12H2,1-4H3. The Balaban J connectivity index is 1.77. The number of amides is 1. The Morgan fingerprint density at radius 3 is 2.84 bits per heavy atom. The van der Waals surface area contributed by atoms with E-state index in [0.29, 0.717) is 30.6 Å². The molecule has 0 atom stereocenters. The van der Waals surface area contributed by atoms with Gasteiger partial charge in [-0.15, -0.1) is 0 Å². The number of hydrogen-bond donors (Lipinski definition) is 0. The Kier molecular flexibility index (Phi) is 4.93. The van der Waals surface area contributed by atoms with Crippen LogP contribution in [0.1, 0.15) is 36.5 Å². The smallest absolute Gasteiger partial charge is 0.265 e. The Bertz CT molecular complexity index is 787. The first-order valence-electron chi connectivity index (χ1n) is 8.59. The maximum Gasteiger partial charge on any atom is 0.265 e. The van der Waals surface area contributed by atoms with E-state index in [1.807, 2.05) is 26.0 Å². The molecular formula is C20H24N2O3. The zero-order valence-electron chi connectivity index (χ0n) is 15.2. The Hall–Kier alpha value is -2.56. The number of nitrogens with zero attached hydrogens (tertiary/aromatic N) is 2. The number of ether oxygens (including phenoxy) is 2. The monoisotopic (exact) mass is 340 g/mol. The number of carbonyl (C=O) groups excluding carboxylic acids is 1. The van der Waals surface area contributed by atoms with E-state index in [9.17, 15) is 4.79 Å². The van der Waals surface area contributed by atoms with E-state index in [1.165, 1.54) is 0 Å². The van der Waals surface area contributed by atoms with Crippen molar-refractivity contribution in [2.45, 2.75) is 33.6 Å². The van der Waals surface area contributed by atoms with Crippen molar-refractivity contribution in [1.82, 2.24) is 4.98 Å². The average molecular weight is 340 g/mol. The molecule has 1 aliphatic rings. The third-order valence-corrected chi connectivity index (χ3v) is 4.26. The van der Waals surface area contributed by atoms with Gasteiger partial charge in [0, 0.05) is 6.20 Å². The van der Waals surface area contributed by atoms with Crippen molar-refractivity contribution in [3.8, 4) is 11.6 Å². The Labute approximate surface area is 148 Å². The average Bonchev–Trinajstić information content (AvgIpc) is 2.58. The van der Waals surface area contributed by atoms with Crippen LogP contribution in [0.25, 0.3) is 0 Å². The van der Waals surface area contributed by atoms with E-state index in [1.54, 1.807) is 11.1 Å². The molecule has 0 unspecified atom stereocenters. The van der Waals surface area contributed by atoms with Gasteiger partial charge in [-0.2, -0.15) is 0 Å². The summed E-state index contributed by atoms with van der Waals surface area (Å²) in [6, 6.07) is 8.04. The molecule has 0 saturated carbocycles. The van der Waals surface area contributed by atoms with Gasteiger partial charge in [0.25, 0.3) is 5.91 Å². The summed E-state index contributed by atoms with van der Waals surface area (Å²) >= 11 is 0. The second-order valence-electron chi connectivity index (χ2n) is 6.72. The normalized spacial score (nSPS) is 13.4. The minimum atomic E-state index is -0.0897. The van der Waals surface area contributed by atoms with Crippen LogP contribution in [-0.4, -0.2) is 30.6 Å². The molecule has 0 bridgehead atoms. The molecule has 0 N–H and O–H groups in total. The molecule has 2 aromatic rings. The lowest BCUT2D eigenvalue weighted by Crippen LogP contribution is -2.41. The van der Waals surface area contributed by atoms with Gasteiger partial charge in [-0.3, -0.25) is 4.79 Å². The largest absolute Gasteiger partial charge is 0.483 e. The fourth-order valence-electron chi connectivity index (χ4n) is 2.92. The zero-order valence-corrected chi connectivity index (χ0v) is 15.2. The van der Waals surface area contributed by atoms with Gasteiger partial charge in [-0.05, 0) is 48.6 Å². The molecule has 1 aromatic carbocycles. The van der Waals surface area contributed by atoms with Crippen LogP contribution in [0.2, 0.25) is 0 Å². The van der Waals surface area contributed by atoms with Crippen molar-refractivity contribution in [2.75, 3.05) is 24.7 Å². The van der Waals surface area contributed by atoms with Crippen molar-refractivity contribution in [2.24, 2.45) is 0 Å². The van der Waals surface area contributed by atoms with Gasteiger partial charge in [-0.25, -0.2) is 4.98 Å². The molecule has 5 heteroatoms. The molecule has 1 amide bonds. The maximum absolute atomic E-state index is 12.7. The highest BCUT2D eigenvalue weighted by Crippen LogP contribution is 2.31. The first-order valence-corrected chi connectivity index (χ1v) is 8.59. The highest BCUT2D eigenvalue weighted by atomic mass is 16.5. The van der Waals surface area contributed by atoms with E-state index in [0.717, 1.165) is 22.4 Å². The van der Waals surface area contributed by atoms with Crippen LogP contribution in [0.5, 0.6) is 11.6 Å². The number of hydrogen-bond acceptors (Lipinski definition) is 4. The SMILES string of the molecule is Cc1ccc(C(C)C)c(OCC(=O)N2CCOc3ncc(C)cc32)c1. The Morgan fingerprint density at radius 2 is 2.08 bits per heavy atom. The van der Waals surface area contributed by atoms with Gasteiger partial charge in [0.05, 0.1) is 6.54 Å². The van der Waals surface area contributed by atoms with Crippen LogP contribution in [0.15, 0.2) is 30.5 Å². The number of carbonyl (C=O) groups is 1. The van der Waals surface area contributed by atoms with Crippen molar-refractivity contribution >= 4 is 11.6 Å². The number of rotatable bonds is 4. The predicted octanol–water partition coefficient (Wildman–Crippen LogP) is 3.63. The highest BCUT2D eigenvalue weighted by molar-refractivity contribution is 5.96. The number of benzene rings is 1. The number of fused-ring (bicyclic) bond motifs is 1. The Morgan fingerprint density at radius 1 is 1.28 bits per heavy atom. The lowest BCUT2D eigenvalue weighted by Gasteiger charge is -2.29. The van der Waals surface area contributed by atoms with Crippen LogP contribution < -0.4 is 14.4 Å². The third kappa shape index (κ3) is 3.76. The molecule has 5 nitrogen and oxygen atoms in total. The second-order valence-corrected chi connectivity index (χ2v) is 6.72. The summed E-state index contributed by atoms with van der Waals surface area (Å²) < 4.78 is 11.4. The maximum atomic E-state index is 12.7. The van der Waals surface area contributed by atoms with Gasteiger partial charge in [0.2, 0.25) is 5.88 Å². The van der Waals surface area contributed by atoms with E-state index in [-0.39, 0.29) is 12.5 Å². The van der Waals surface area contributed by atoms with E-state index in [2.05, 4.69) is 31.0 Å². The molecule has 1 aromatic heterocycles. The molecule has 0 spiro atoms. The number of anilines is 1. The minimum absolute atomic E-state index is 0.00342. The number of aryl methyl sites for hydroxylation is 2. The zero-order chi connectivity index (χ0) is 18.0. The van der Waals surface area contributed by atoms with E-state index >= 15 is 0 Å². The minimum Gasteiger partial charge on any atom is -0.483 e. The summed E-state index contributed by atoms with van der Waals surface area (Å²) in [5.41, 5.74) is 3.93. The molecule has 3 rings (SSSR count).